The van der Waals surface area contributed by atoms with E-state index in [-0.39, 0.29) is 5.56 Å². The normalized spacial score (nSPS) is 11.1. The highest BCUT2D eigenvalue weighted by Crippen LogP contribution is 2.22. The van der Waals surface area contributed by atoms with E-state index >= 15 is 0 Å². The number of aryl methyl sites for hydroxylation is 2. The van der Waals surface area contributed by atoms with E-state index in [1.807, 2.05) is 54.6 Å². The summed E-state index contributed by atoms with van der Waals surface area (Å²) >= 11 is 6.06. The van der Waals surface area contributed by atoms with Crippen LogP contribution in [0.1, 0.15) is 30.4 Å². The van der Waals surface area contributed by atoms with E-state index in [1.165, 1.54) is 11.1 Å². The summed E-state index contributed by atoms with van der Waals surface area (Å²) in [5, 5.41) is 1.30. The number of rotatable bonds is 8. The quantitative estimate of drug-likeness (QED) is 0.287. The highest BCUT2D eigenvalue weighted by molar-refractivity contribution is 6.30. The number of benzene rings is 3. The molecule has 0 amide bonds. The Kier molecular flexibility index (Phi) is 6.91. The molecule has 5 heteroatoms. The van der Waals surface area contributed by atoms with Gasteiger partial charge in [-0.15, -0.1) is 0 Å². The molecule has 4 nitrogen and oxygen atoms in total. The van der Waals surface area contributed by atoms with E-state index in [1.54, 1.807) is 4.57 Å². The summed E-state index contributed by atoms with van der Waals surface area (Å²) in [5.41, 5.74) is 4.09. The van der Waals surface area contributed by atoms with Crippen LogP contribution in [0.4, 0.5) is 0 Å². The van der Waals surface area contributed by atoms with Gasteiger partial charge in [0.15, 0.2) is 0 Å². The number of fused-ring (bicyclic) bond motifs is 1. The number of unbranched alkanes of at least 4 members (excludes halogenated alkanes) is 2. The summed E-state index contributed by atoms with van der Waals surface area (Å²) in [6, 6.07) is 21.1. The first-order chi connectivity index (χ1) is 15.5. The van der Waals surface area contributed by atoms with E-state index in [4.69, 9.17) is 21.3 Å². The topological polar surface area (TPSA) is 44.1 Å². The zero-order chi connectivity index (χ0) is 22.5. The molecule has 0 aliphatic rings. The lowest BCUT2D eigenvalue weighted by Crippen LogP contribution is -2.23. The van der Waals surface area contributed by atoms with Crippen molar-refractivity contribution in [1.82, 2.24) is 9.55 Å². The highest BCUT2D eigenvalue weighted by atomic mass is 35.5. The molecule has 4 aromatic rings. The Morgan fingerprint density at radius 2 is 1.69 bits per heavy atom. The van der Waals surface area contributed by atoms with Gasteiger partial charge in [0.2, 0.25) is 0 Å². The van der Waals surface area contributed by atoms with E-state index in [2.05, 4.69) is 26.0 Å². The first-order valence-corrected chi connectivity index (χ1v) is 11.4. The van der Waals surface area contributed by atoms with Gasteiger partial charge in [0.1, 0.15) is 11.6 Å². The lowest BCUT2D eigenvalue weighted by Gasteiger charge is -2.14. The van der Waals surface area contributed by atoms with Crippen molar-refractivity contribution in [3.8, 4) is 17.1 Å². The minimum atomic E-state index is -0.00747. The first kappa shape index (κ1) is 22.1. The van der Waals surface area contributed by atoms with Gasteiger partial charge < -0.3 is 4.74 Å². The third kappa shape index (κ3) is 5.03. The third-order valence-electron chi connectivity index (χ3n) is 5.74. The lowest BCUT2D eigenvalue weighted by atomic mass is 10.1. The van der Waals surface area contributed by atoms with Crippen LogP contribution in [0.15, 0.2) is 71.5 Å². The minimum absolute atomic E-state index is 0.00747. The SMILES string of the molecule is Cc1ccc(OCCCCCn2c(-c3ccc(Cl)cc3)nc3ccccc3c2=O)cc1C. The van der Waals surface area contributed by atoms with Crippen molar-refractivity contribution in [2.45, 2.75) is 39.7 Å². The average molecular weight is 447 g/mol. The Hall–Kier alpha value is -3.11. The van der Waals surface area contributed by atoms with Gasteiger partial charge in [0.05, 0.1) is 17.5 Å². The van der Waals surface area contributed by atoms with E-state index in [9.17, 15) is 4.79 Å². The van der Waals surface area contributed by atoms with Crippen molar-refractivity contribution in [1.29, 1.82) is 0 Å². The average Bonchev–Trinajstić information content (AvgIpc) is 2.80. The molecule has 0 N–H and O–H groups in total. The van der Waals surface area contributed by atoms with Crippen LogP contribution >= 0.6 is 11.6 Å². The van der Waals surface area contributed by atoms with Crippen molar-refractivity contribution < 1.29 is 4.74 Å². The summed E-state index contributed by atoms with van der Waals surface area (Å²) in [5.74, 6) is 1.59. The molecule has 0 bridgehead atoms. The zero-order valence-corrected chi connectivity index (χ0v) is 19.2. The van der Waals surface area contributed by atoms with Gasteiger partial charge in [0.25, 0.3) is 5.56 Å². The Morgan fingerprint density at radius 3 is 2.47 bits per heavy atom. The van der Waals surface area contributed by atoms with Crippen LogP contribution in [-0.4, -0.2) is 16.2 Å². The van der Waals surface area contributed by atoms with Crippen LogP contribution < -0.4 is 10.3 Å². The molecular weight excluding hydrogens is 420 g/mol. The molecule has 0 unspecified atom stereocenters. The number of ether oxygens (including phenoxy) is 1. The van der Waals surface area contributed by atoms with Crippen molar-refractivity contribution >= 4 is 22.5 Å². The van der Waals surface area contributed by atoms with Gasteiger partial charge in [-0.3, -0.25) is 9.36 Å². The predicted molar refractivity (Wildman–Crippen MR) is 132 cm³/mol. The minimum Gasteiger partial charge on any atom is -0.494 e. The van der Waals surface area contributed by atoms with Gasteiger partial charge in [-0.2, -0.15) is 0 Å². The largest absolute Gasteiger partial charge is 0.494 e. The molecule has 32 heavy (non-hydrogen) atoms. The molecule has 0 saturated heterocycles. The molecule has 0 atom stereocenters. The van der Waals surface area contributed by atoms with Gasteiger partial charge in [-0.25, -0.2) is 4.98 Å². The molecule has 0 aliphatic carbocycles. The Balaban J connectivity index is 1.45. The molecule has 164 valence electrons. The molecule has 4 rings (SSSR count). The molecular formula is C27H27ClN2O2. The lowest BCUT2D eigenvalue weighted by molar-refractivity contribution is 0.303. The number of aromatic nitrogens is 2. The number of halogens is 1. The van der Waals surface area contributed by atoms with Crippen molar-refractivity contribution in [2.75, 3.05) is 6.61 Å². The second-order valence-electron chi connectivity index (χ2n) is 8.07. The Labute approximate surface area is 193 Å². The molecule has 3 aromatic carbocycles. The third-order valence-corrected chi connectivity index (χ3v) is 5.99. The maximum absolute atomic E-state index is 13.2. The summed E-state index contributed by atoms with van der Waals surface area (Å²) < 4.78 is 7.67. The fraction of sp³-hybridized carbons (Fsp3) is 0.259. The van der Waals surface area contributed by atoms with E-state index in [0.29, 0.717) is 34.9 Å². The maximum Gasteiger partial charge on any atom is 0.261 e. The van der Waals surface area contributed by atoms with Gasteiger partial charge >= 0.3 is 0 Å². The number of hydrogen-bond acceptors (Lipinski definition) is 3. The Bertz CT molecular complexity index is 1280. The smallest absolute Gasteiger partial charge is 0.261 e. The monoisotopic (exact) mass is 446 g/mol. The molecule has 1 aromatic heterocycles. The van der Waals surface area contributed by atoms with Crippen LogP contribution in [0.5, 0.6) is 5.75 Å². The molecule has 0 radical (unpaired) electrons. The van der Waals surface area contributed by atoms with Crippen LogP contribution in [0, 0.1) is 13.8 Å². The van der Waals surface area contributed by atoms with Gasteiger partial charge in [-0.1, -0.05) is 29.8 Å². The van der Waals surface area contributed by atoms with Gasteiger partial charge in [0, 0.05) is 17.1 Å². The standard InChI is InChI=1S/C27H27ClN2O2/c1-19-10-15-23(18-20(19)2)32-17-7-3-6-16-30-26(21-11-13-22(28)14-12-21)29-25-9-5-4-8-24(25)27(30)31/h4-5,8-15,18H,3,6-7,16-17H2,1-2H3. The first-order valence-electron chi connectivity index (χ1n) is 11.0. The molecule has 1 heterocycles. The molecule has 0 aliphatic heterocycles. The van der Waals surface area contributed by atoms with E-state index in [0.717, 1.165) is 30.6 Å². The predicted octanol–water partition coefficient (Wildman–Crippen LogP) is 6.58. The van der Waals surface area contributed by atoms with Crippen LogP contribution in [0.25, 0.3) is 22.3 Å². The Morgan fingerprint density at radius 1 is 0.906 bits per heavy atom. The molecule has 0 saturated carbocycles. The van der Waals surface area contributed by atoms with Crippen molar-refractivity contribution in [3.05, 3.63) is 93.2 Å². The van der Waals surface area contributed by atoms with Crippen LogP contribution in [0.2, 0.25) is 5.02 Å². The summed E-state index contributed by atoms with van der Waals surface area (Å²) in [6.07, 6.45) is 2.76. The molecule has 0 spiro atoms. The second-order valence-corrected chi connectivity index (χ2v) is 8.51. The summed E-state index contributed by atoms with van der Waals surface area (Å²) in [7, 11) is 0. The fourth-order valence-electron chi connectivity index (χ4n) is 3.74. The number of para-hydroxylation sites is 1. The van der Waals surface area contributed by atoms with Crippen LogP contribution in [-0.2, 0) is 6.54 Å². The van der Waals surface area contributed by atoms with Crippen molar-refractivity contribution in [2.24, 2.45) is 0 Å². The van der Waals surface area contributed by atoms with E-state index < -0.39 is 0 Å². The maximum atomic E-state index is 13.2. The second kappa shape index (κ2) is 10.0. The van der Waals surface area contributed by atoms with Gasteiger partial charge in [-0.05, 0) is 92.8 Å². The van der Waals surface area contributed by atoms with Crippen LogP contribution in [0.3, 0.4) is 0 Å². The fourth-order valence-corrected chi connectivity index (χ4v) is 3.86. The zero-order valence-electron chi connectivity index (χ0n) is 18.5. The summed E-state index contributed by atoms with van der Waals surface area (Å²) in [4.78, 5) is 18.0. The van der Waals surface area contributed by atoms with Crippen molar-refractivity contribution in [3.63, 3.8) is 0 Å². The highest BCUT2D eigenvalue weighted by Gasteiger charge is 2.12. The number of hydrogen-bond donors (Lipinski definition) is 0. The number of nitrogens with zero attached hydrogens (tertiary/aromatic N) is 2. The molecule has 0 fully saturated rings. The summed E-state index contributed by atoms with van der Waals surface area (Å²) in [6.45, 7) is 5.46.